The highest BCUT2D eigenvalue weighted by atomic mass is 35.5. The first-order valence-electron chi connectivity index (χ1n) is 9.01. The normalized spacial score (nSPS) is 11.3. The number of nitrogens with one attached hydrogen (secondary N) is 1. The summed E-state index contributed by atoms with van der Waals surface area (Å²) in [6, 6.07) is 20.4. The Labute approximate surface area is 178 Å². The third-order valence-electron chi connectivity index (χ3n) is 4.50. The first kappa shape index (κ1) is 19.9. The first-order chi connectivity index (χ1) is 14.5. The number of nitriles is 1. The van der Waals surface area contributed by atoms with Crippen LogP contribution in [0.1, 0.15) is 16.7 Å². The molecule has 1 N–H and O–H groups in total. The highest BCUT2D eigenvalue weighted by molar-refractivity contribution is 7.89. The second-order valence-electron chi connectivity index (χ2n) is 6.57. The summed E-state index contributed by atoms with van der Waals surface area (Å²) in [6.07, 6.45) is 1.27. The molecule has 7 nitrogen and oxygen atoms in total. The predicted octanol–water partition coefficient (Wildman–Crippen LogP) is 3.95. The number of aromatic nitrogens is 3. The van der Waals surface area contributed by atoms with E-state index in [-0.39, 0.29) is 22.2 Å². The number of hydrogen-bond acceptors (Lipinski definition) is 6. The molecule has 0 aliphatic heterocycles. The zero-order chi connectivity index (χ0) is 21.1. The first-order valence-corrected chi connectivity index (χ1v) is 11.0. The van der Waals surface area contributed by atoms with E-state index in [9.17, 15) is 13.7 Å². The molecule has 9 heteroatoms. The van der Waals surface area contributed by atoms with Gasteiger partial charge in [0.2, 0.25) is 15.3 Å². The average Bonchev–Trinajstić information content (AvgIpc) is 3.13. The standard InChI is InChI=1S/C21H16ClN5O2S/c22-21-25-19(24-12-15-7-3-1-4-8-15)18-17(11-23)13-27(20(18)26-21)30(28,29)14-16-9-5-2-6-10-16/h1-10,13H,12,14H2,(H,24,25,26). The highest BCUT2D eigenvalue weighted by Gasteiger charge is 2.24. The molecule has 0 saturated heterocycles. The van der Waals surface area contributed by atoms with Crippen LogP contribution in [0.4, 0.5) is 5.82 Å². The van der Waals surface area contributed by atoms with Gasteiger partial charge in [-0.2, -0.15) is 15.2 Å². The van der Waals surface area contributed by atoms with E-state index in [0.717, 1.165) is 9.54 Å². The van der Waals surface area contributed by atoms with Crippen LogP contribution in [0.5, 0.6) is 0 Å². The van der Waals surface area contributed by atoms with E-state index in [4.69, 9.17) is 11.6 Å². The topological polar surface area (TPSA) is 101 Å². The number of hydrogen-bond donors (Lipinski definition) is 1. The van der Waals surface area contributed by atoms with Gasteiger partial charge in [0.25, 0.3) is 0 Å². The Balaban J connectivity index is 1.79. The molecule has 30 heavy (non-hydrogen) atoms. The number of nitrogens with zero attached hydrogens (tertiary/aromatic N) is 4. The molecule has 150 valence electrons. The molecule has 0 unspecified atom stereocenters. The molecule has 0 aliphatic rings. The highest BCUT2D eigenvalue weighted by Crippen LogP contribution is 2.29. The van der Waals surface area contributed by atoms with E-state index < -0.39 is 10.0 Å². The summed E-state index contributed by atoms with van der Waals surface area (Å²) in [5, 5.41) is 12.9. The molecule has 0 amide bonds. The minimum Gasteiger partial charge on any atom is -0.365 e. The summed E-state index contributed by atoms with van der Waals surface area (Å²) in [7, 11) is -3.84. The molecule has 2 aromatic heterocycles. The molecule has 0 saturated carbocycles. The molecule has 2 heterocycles. The van der Waals surface area contributed by atoms with Crippen molar-refractivity contribution >= 4 is 38.5 Å². The maximum absolute atomic E-state index is 13.1. The van der Waals surface area contributed by atoms with E-state index in [1.54, 1.807) is 24.3 Å². The van der Waals surface area contributed by atoms with Gasteiger partial charge in [-0.3, -0.25) is 0 Å². The Hall–Kier alpha value is -3.41. The van der Waals surface area contributed by atoms with E-state index in [1.807, 2.05) is 42.5 Å². The molecule has 0 radical (unpaired) electrons. The number of fused-ring (bicyclic) bond motifs is 1. The van der Waals surface area contributed by atoms with Crippen LogP contribution in [0.2, 0.25) is 5.28 Å². The molecule has 0 atom stereocenters. The van der Waals surface area contributed by atoms with E-state index in [0.29, 0.717) is 23.3 Å². The van der Waals surface area contributed by atoms with Crippen molar-refractivity contribution in [3.63, 3.8) is 0 Å². The summed E-state index contributed by atoms with van der Waals surface area (Å²) in [4.78, 5) is 8.30. The van der Waals surface area contributed by atoms with Crippen molar-refractivity contribution in [1.29, 1.82) is 5.26 Å². The molecule has 0 fully saturated rings. The SMILES string of the molecule is N#Cc1cn(S(=O)(=O)Cc2ccccc2)c2nc(Cl)nc(NCc3ccccc3)c12. The smallest absolute Gasteiger partial charge is 0.244 e. The van der Waals surface area contributed by atoms with Crippen LogP contribution in [0.3, 0.4) is 0 Å². The Morgan fingerprint density at radius 3 is 2.27 bits per heavy atom. The molecular formula is C21H16ClN5O2S. The van der Waals surface area contributed by atoms with Gasteiger partial charge in [-0.05, 0) is 22.7 Å². The van der Waals surface area contributed by atoms with Crippen LogP contribution in [0.25, 0.3) is 11.0 Å². The van der Waals surface area contributed by atoms with E-state index in [1.165, 1.54) is 6.20 Å². The van der Waals surface area contributed by atoms with Crippen LogP contribution in [-0.2, 0) is 22.3 Å². The minimum atomic E-state index is -3.84. The number of rotatable bonds is 6. The van der Waals surface area contributed by atoms with Crippen molar-refractivity contribution in [3.05, 3.63) is 88.8 Å². The largest absolute Gasteiger partial charge is 0.365 e. The van der Waals surface area contributed by atoms with E-state index >= 15 is 0 Å². The van der Waals surface area contributed by atoms with Gasteiger partial charge in [-0.15, -0.1) is 0 Å². The Morgan fingerprint density at radius 2 is 1.63 bits per heavy atom. The Bertz CT molecular complexity index is 1350. The van der Waals surface area contributed by atoms with Crippen LogP contribution in [0.15, 0.2) is 66.9 Å². The Kier molecular flexibility index (Phi) is 5.40. The lowest BCUT2D eigenvalue weighted by Crippen LogP contribution is -2.15. The lowest BCUT2D eigenvalue weighted by atomic mass is 10.2. The van der Waals surface area contributed by atoms with Crippen molar-refractivity contribution in [2.45, 2.75) is 12.3 Å². The maximum Gasteiger partial charge on any atom is 0.244 e. The molecule has 0 spiro atoms. The molecule has 0 bridgehead atoms. The lowest BCUT2D eigenvalue weighted by Gasteiger charge is -2.10. The quantitative estimate of drug-likeness (QED) is 0.458. The second kappa shape index (κ2) is 8.14. The van der Waals surface area contributed by atoms with Gasteiger partial charge in [-0.1, -0.05) is 60.7 Å². The average molecular weight is 438 g/mol. The van der Waals surface area contributed by atoms with Crippen molar-refractivity contribution in [2.24, 2.45) is 0 Å². The predicted molar refractivity (Wildman–Crippen MR) is 115 cm³/mol. The van der Waals surface area contributed by atoms with Crippen LogP contribution in [0, 0.1) is 11.3 Å². The zero-order valence-electron chi connectivity index (χ0n) is 15.7. The van der Waals surface area contributed by atoms with Gasteiger partial charge in [0.1, 0.15) is 11.9 Å². The summed E-state index contributed by atoms with van der Waals surface area (Å²) in [5.41, 5.74) is 1.84. The summed E-state index contributed by atoms with van der Waals surface area (Å²) in [6.45, 7) is 0.427. The maximum atomic E-state index is 13.1. The number of benzene rings is 2. The van der Waals surface area contributed by atoms with Crippen molar-refractivity contribution in [3.8, 4) is 6.07 Å². The second-order valence-corrected chi connectivity index (χ2v) is 8.76. The Morgan fingerprint density at radius 1 is 1.00 bits per heavy atom. The van der Waals surface area contributed by atoms with Gasteiger partial charge in [0.15, 0.2) is 5.65 Å². The minimum absolute atomic E-state index is 0.0676. The van der Waals surface area contributed by atoms with Crippen LogP contribution >= 0.6 is 11.6 Å². The monoisotopic (exact) mass is 437 g/mol. The van der Waals surface area contributed by atoms with Crippen molar-refractivity contribution in [2.75, 3.05) is 5.32 Å². The van der Waals surface area contributed by atoms with Crippen LogP contribution in [-0.4, -0.2) is 22.4 Å². The third-order valence-corrected chi connectivity index (χ3v) is 6.25. The fraction of sp³-hybridized carbons (Fsp3) is 0.0952. The molecule has 0 aliphatic carbocycles. The van der Waals surface area contributed by atoms with Crippen molar-refractivity contribution in [1.82, 2.24) is 13.9 Å². The molecule has 4 aromatic rings. The molecule has 2 aromatic carbocycles. The van der Waals surface area contributed by atoms with Gasteiger partial charge in [-0.25, -0.2) is 12.4 Å². The number of anilines is 1. The van der Waals surface area contributed by atoms with Gasteiger partial charge < -0.3 is 5.32 Å². The van der Waals surface area contributed by atoms with Gasteiger partial charge in [0.05, 0.1) is 16.7 Å². The van der Waals surface area contributed by atoms with E-state index in [2.05, 4.69) is 15.3 Å². The van der Waals surface area contributed by atoms with Gasteiger partial charge >= 0.3 is 0 Å². The molecule has 4 rings (SSSR count). The molecular weight excluding hydrogens is 422 g/mol. The summed E-state index contributed by atoms with van der Waals surface area (Å²) < 4.78 is 27.2. The zero-order valence-corrected chi connectivity index (χ0v) is 17.2. The number of halogens is 1. The van der Waals surface area contributed by atoms with Crippen LogP contribution < -0.4 is 5.32 Å². The van der Waals surface area contributed by atoms with Gasteiger partial charge in [0, 0.05) is 12.7 Å². The fourth-order valence-corrected chi connectivity index (χ4v) is 4.71. The summed E-state index contributed by atoms with van der Waals surface area (Å²) >= 11 is 6.09. The lowest BCUT2D eigenvalue weighted by molar-refractivity contribution is 0.588. The van der Waals surface area contributed by atoms with Crippen molar-refractivity contribution < 1.29 is 8.42 Å². The summed E-state index contributed by atoms with van der Waals surface area (Å²) in [5.74, 6) is 0.0655. The fourth-order valence-electron chi connectivity index (χ4n) is 3.13. The third kappa shape index (κ3) is 3.99.